The van der Waals surface area contributed by atoms with E-state index in [4.69, 9.17) is 4.74 Å². The number of nitrogens with one attached hydrogen (secondary N) is 1. The van der Waals surface area contributed by atoms with Crippen LogP contribution in [0.3, 0.4) is 0 Å². The number of benzene rings is 1. The normalized spacial score (nSPS) is 12.4. The summed E-state index contributed by atoms with van der Waals surface area (Å²) in [6, 6.07) is 4.93. The molecule has 0 amide bonds. The first-order valence-corrected chi connectivity index (χ1v) is 7.02. The molecule has 0 aliphatic carbocycles. The number of halogens is 1. The summed E-state index contributed by atoms with van der Waals surface area (Å²) in [5.74, 6) is -0.0942. The van der Waals surface area contributed by atoms with Crippen molar-refractivity contribution in [1.29, 1.82) is 0 Å². The highest BCUT2D eigenvalue weighted by Gasteiger charge is 2.17. The number of hydrogen-bond donors (Lipinski definition) is 1. The van der Waals surface area contributed by atoms with E-state index in [1.165, 1.54) is 13.2 Å². The van der Waals surface area contributed by atoms with Crippen LogP contribution in [0.15, 0.2) is 23.6 Å². The Kier molecular flexibility index (Phi) is 4.50. The third kappa shape index (κ3) is 3.11. The van der Waals surface area contributed by atoms with Crippen LogP contribution in [0.5, 0.6) is 5.75 Å². The van der Waals surface area contributed by atoms with Crippen LogP contribution in [0, 0.1) is 12.7 Å². The largest absolute Gasteiger partial charge is 0.494 e. The third-order valence-electron chi connectivity index (χ3n) is 2.85. The molecule has 0 aliphatic heterocycles. The second kappa shape index (κ2) is 6.12. The van der Waals surface area contributed by atoms with E-state index < -0.39 is 0 Å². The van der Waals surface area contributed by atoms with Crippen LogP contribution in [0.4, 0.5) is 4.39 Å². The van der Waals surface area contributed by atoms with Gasteiger partial charge in [-0.25, -0.2) is 9.37 Å². The Hall–Kier alpha value is -1.46. The molecule has 2 rings (SSSR count). The molecule has 1 heterocycles. The van der Waals surface area contributed by atoms with Crippen LogP contribution in [-0.2, 0) is 0 Å². The van der Waals surface area contributed by atoms with Crippen molar-refractivity contribution in [3.63, 3.8) is 0 Å². The van der Waals surface area contributed by atoms with Crippen LogP contribution in [0.25, 0.3) is 0 Å². The summed E-state index contributed by atoms with van der Waals surface area (Å²) in [6.07, 6.45) is 0. The minimum Gasteiger partial charge on any atom is -0.494 e. The van der Waals surface area contributed by atoms with Crippen molar-refractivity contribution in [3.05, 3.63) is 45.7 Å². The number of nitrogens with zero attached hydrogens (tertiary/aromatic N) is 1. The molecule has 102 valence electrons. The lowest BCUT2D eigenvalue weighted by atomic mass is 10.0. The molecule has 0 radical (unpaired) electrons. The summed E-state index contributed by atoms with van der Waals surface area (Å²) in [7, 11) is 1.46. The number of hydrogen-bond acceptors (Lipinski definition) is 4. The van der Waals surface area contributed by atoms with E-state index in [0.29, 0.717) is 0 Å². The maximum Gasteiger partial charge on any atom is 0.165 e. The first kappa shape index (κ1) is 14.0. The third-order valence-corrected chi connectivity index (χ3v) is 3.64. The molecule has 0 bridgehead atoms. The molecule has 19 heavy (non-hydrogen) atoms. The number of aryl methyl sites for hydroxylation is 1. The molecule has 5 heteroatoms. The van der Waals surface area contributed by atoms with Gasteiger partial charge in [0.25, 0.3) is 0 Å². The van der Waals surface area contributed by atoms with Crippen molar-refractivity contribution in [3.8, 4) is 5.75 Å². The number of thiazole rings is 1. The Morgan fingerprint density at radius 2 is 2.26 bits per heavy atom. The Bertz CT molecular complexity index is 556. The zero-order valence-corrected chi connectivity index (χ0v) is 12.1. The van der Waals surface area contributed by atoms with Crippen molar-refractivity contribution in [2.75, 3.05) is 13.7 Å². The molecule has 1 aromatic heterocycles. The summed E-state index contributed by atoms with van der Waals surface area (Å²) in [5, 5.41) is 6.34. The van der Waals surface area contributed by atoms with Crippen LogP contribution in [0.1, 0.15) is 29.2 Å². The second-order valence-electron chi connectivity index (χ2n) is 4.18. The zero-order valence-electron chi connectivity index (χ0n) is 11.2. The number of methoxy groups -OCH3 is 1. The van der Waals surface area contributed by atoms with E-state index in [0.717, 1.165) is 22.8 Å². The van der Waals surface area contributed by atoms with Crippen LogP contribution < -0.4 is 10.1 Å². The summed E-state index contributed by atoms with van der Waals surface area (Å²) in [5.41, 5.74) is 1.78. The van der Waals surface area contributed by atoms with E-state index in [9.17, 15) is 4.39 Å². The molecule has 1 atom stereocenters. The van der Waals surface area contributed by atoms with Gasteiger partial charge in [-0.1, -0.05) is 13.0 Å². The Morgan fingerprint density at radius 3 is 2.79 bits per heavy atom. The molecule has 0 aliphatic rings. The maximum absolute atomic E-state index is 13.8. The van der Waals surface area contributed by atoms with Gasteiger partial charge < -0.3 is 10.1 Å². The Balaban J connectivity index is 2.36. The zero-order chi connectivity index (χ0) is 13.8. The smallest absolute Gasteiger partial charge is 0.165 e. The first-order valence-electron chi connectivity index (χ1n) is 6.14. The predicted molar refractivity (Wildman–Crippen MR) is 75.3 cm³/mol. The SMILES string of the molecule is CCNC(c1ccc(OC)c(F)c1)c1csc(C)n1. The lowest BCUT2D eigenvalue weighted by molar-refractivity contribution is 0.385. The van der Waals surface area contributed by atoms with Crippen molar-refractivity contribution in [1.82, 2.24) is 10.3 Å². The van der Waals surface area contributed by atoms with Gasteiger partial charge in [0.05, 0.1) is 23.9 Å². The molecular formula is C14H17FN2OS. The topological polar surface area (TPSA) is 34.1 Å². The fourth-order valence-electron chi connectivity index (χ4n) is 1.97. The van der Waals surface area contributed by atoms with Gasteiger partial charge in [0.2, 0.25) is 0 Å². The van der Waals surface area contributed by atoms with Crippen molar-refractivity contribution in [2.45, 2.75) is 19.9 Å². The van der Waals surface area contributed by atoms with Crippen LogP contribution in [0.2, 0.25) is 0 Å². The van der Waals surface area contributed by atoms with Gasteiger partial charge in [0.1, 0.15) is 0 Å². The van der Waals surface area contributed by atoms with Gasteiger partial charge in [0.15, 0.2) is 11.6 Å². The summed E-state index contributed by atoms with van der Waals surface area (Å²) >= 11 is 1.60. The van der Waals surface area contributed by atoms with Gasteiger partial charge in [-0.15, -0.1) is 11.3 Å². The maximum atomic E-state index is 13.8. The van der Waals surface area contributed by atoms with Crippen molar-refractivity contribution >= 4 is 11.3 Å². The van der Waals surface area contributed by atoms with E-state index in [1.54, 1.807) is 17.4 Å². The van der Waals surface area contributed by atoms with Crippen LogP contribution in [-0.4, -0.2) is 18.6 Å². The molecule has 0 spiro atoms. The van der Waals surface area contributed by atoms with E-state index in [2.05, 4.69) is 10.3 Å². The average Bonchev–Trinajstić information content (AvgIpc) is 2.82. The average molecular weight is 280 g/mol. The van der Waals surface area contributed by atoms with Gasteiger partial charge in [-0.05, 0) is 31.2 Å². The molecule has 1 aromatic carbocycles. The molecule has 2 aromatic rings. The summed E-state index contributed by atoms with van der Waals surface area (Å²) in [4.78, 5) is 4.48. The standard InChI is InChI=1S/C14H17FN2OS/c1-4-16-14(12-8-19-9(2)17-12)10-5-6-13(18-3)11(15)7-10/h5-8,14,16H,4H2,1-3H3. The highest BCUT2D eigenvalue weighted by atomic mass is 32.1. The highest BCUT2D eigenvalue weighted by molar-refractivity contribution is 7.09. The Morgan fingerprint density at radius 1 is 1.47 bits per heavy atom. The predicted octanol–water partition coefficient (Wildman–Crippen LogP) is 3.30. The van der Waals surface area contributed by atoms with E-state index in [1.807, 2.05) is 25.3 Å². The molecule has 3 nitrogen and oxygen atoms in total. The summed E-state index contributed by atoms with van der Waals surface area (Å²) in [6.45, 7) is 4.77. The fraction of sp³-hybridized carbons (Fsp3) is 0.357. The second-order valence-corrected chi connectivity index (χ2v) is 5.24. The van der Waals surface area contributed by atoms with E-state index in [-0.39, 0.29) is 17.6 Å². The van der Waals surface area contributed by atoms with Gasteiger partial charge in [0, 0.05) is 5.38 Å². The minimum absolute atomic E-state index is 0.0876. The molecule has 1 unspecified atom stereocenters. The number of ether oxygens (including phenoxy) is 1. The van der Waals surface area contributed by atoms with Gasteiger partial charge in [-0.3, -0.25) is 0 Å². The molecule has 1 N–H and O–H groups in total. The van der Waals surface area contributed by atoms with Crippen molar-refractivity contribution in [2.24, 2.45) is 0 Å². The lowest BCUT2D eigenvalue weighted by Gasteiger charge is -2.17. The first-order chi connectivity index (χ1) is 9.15. The molecular weight excluding hydrogens is 263 g/mol. The van der Waals surface area contributed by atoms with Gasteiger partial charge >= 0.3 is 0 Å². The monoisotopic (exact) mass is 280 g/mol. The highest BCUT2D eigenvalue weighted by Crippen LogP contribution is 2.27. The number of aromatic nitrogens is 1. The quantitative estimate of drug-likeness (QED) is 0.912. The lowest BCUT2D eigenvalue weighted by Crippen LogP contribution is -2.22. The summed E-state index contributed by atoms with van der Waals surface area (Å²) < 4.78 is 18.7. The fourth-order valence-corrected chi connectivity index (χ4v) is 2.61. The molecule has 0 saturated carbocycles. The van der Waals surface area contributed by atoms with Crippen molar-refractivity contribution < 1.29 is 9.13 Å². The van der Waals surface area contributed by atoms with E-state index >= 15 is 0 Å². The molecule has 0 saturated heterocycles. The number of rotatable bonds is 5. The van der Waals surface area contributed by atoms with Crippen LogP contribution >= 0.6 is 11.3 Å². The molecule has 0 fully saturated rings. The van der Waals surface area contributed by atoms with Gasteiger partial charge in [-0.2, -0.15) is 0 Å². The Labute approximate surface area is 116 Å². The minimum atomic E-state index is -0.352.